The Bertz CT molecular complexity index is 891. The van der Waals surface area contributed by atoms with Crippen LogP contribution in [0.2, 0.25) is 5.02 Å². The second-order valence-corrected chi connectivity index (χ2v) is 6.98. The maximum absolute atomic E-state index is 12.1. The SMILES string of the molecule is Cc1cc(Br)ccc1NC(=O)CCc1ncc(-c2ccc(Cl)cc2)o1. The number of hydrogen-bond acceptors (Lipinski definition) is 3. The van der Waals surface area contributed by atoms with E-state index in [0.29, 0.717) is 29.5 Å². The van der Waals surface area contributed by atoms with E-state index in [-0.39, 0.29) is 5.91 Å². The van der Waals surface area contributed by atoms with Crippen LogP contribution in [0.25, 0.3) is 11.3 Å². The molecule has 128 valence electrons. The molecule has 0 saturated carbocycles. The molecule has 0 fully saturated rings. The van der Waals surface area contributed by atoms with Crippen LogP contribution in [0.3, 0.4) is 0 Å². The largest absolute Gasteiger partial charge is 0.441 e. The van der Waals surface area contributed by atoms with Gasteiger partial charge in [-0.05, 0) is 55.0 Å². The number of rotatable bonds is 5. The highest BCUT2D eigenvalue weighted by Gasteiger charge is 2.10. The molecule has 0 unspecified atom stereocenters. The van der Waals surface area contributed by atoms with E-state index in [0.717, 1.165) is 21.3 Å². The molecule has 1 N–H and O–H groups in total. The van der Waals surface area contributed by atoms with Crippen LogP contribution < -0.4 is 5.32 Å². The summed E-state index contributed by atoms with van der Waals surface area (Å²) >= 11 is 9.29. The molecule has 3 aromatic rings. The van der Waals surface area contributed by atoms with Gasteiger partial charge in [0.05, 0.1) is 6.20 Å². The van der Waals surface area contributed by atoms with Gasteiger partial charge in [0.1, 0.15) is 0 Å². The standard InChI is InChI=1S/C19H16BrClN2O2/c1-12-10-14(20)4-7-16(12)23-18(24)8-9-19-22-11-17(25-19)13-2-5-15(21)6-3-13/h2-7,10-11H,8-9H2,1H3,(H,23,24). The summed E-state index contributed by atoms with van der Waals surface area (Å²) in [7, 11) is 0. The van der Waals surface area contributed by atoms with Gasteiger partial charge in [-0.3, -0.25) is 4.79 Å². The van der Waals surface area contributed by atoms with Gasteiger partial charge in [0.2, 0.25) is 5.91 Å². The van der Waals surface area contributed by atoms with E-state index in [1.54, 1.807) is 18.3 Å². The molecule has 0 saturated heterocycles. The van der Waals surface area contributed by atoms with Crippen molar-refractivity contribution in [3.63, 3.8) is 0 Å². The van der Waals surface area contributed by atoms with Gasteiger partial charge in [0.25, 0.3) is 0 Å². The maximum Gasteiger partial charge on any atom is 0.224 e. The third-order valence-corrected chi connectivity index (χ3v) is 4.46. The molecule has 0 aliphatic heterocycles. The van der Waals surface area contributed by atoms with E-state index in [1.807, 2.05) is 37.3 Å². The zero-order chi connectivity index (χ0) is 17.8. The molecule has 1 aromatic heterocycles. The molecule has 1 amide bonds. The Labute approximate surface area is 159 Å². The molecule has 2 aromatic carbocycles. The number of aromatic nitrogens is 1. The van der Waals surface area contributed by atoms with Crippen molar-refractivity contribution in [2.24, 2.45) is 0 Å². The van der Waals surface area contributed by atoms with Crippen LogP contribution in [0, 0.1) is 6.92 Å². The Hall–Kier alpha value is -2.11. The van der Waals surface area contributed by atoms with Gasteiger partial charge in [-0.25, -0.2) is 4.98 Å². The number of oxazole rings is 1. The predicted octanol–water partition coefficient (Wildman–Crippen LogP) is 5.64. The van der Waals surface area contributed by atoms with Crippen LogP contribution in [0.4, 0.5) is 5.69 Å². The van der Waals surface area contributed by atoms with Crippen LogP contribution in [-0.2, 0) is 11.2 Å². The lowest BCUT2D eigenvalue weighted by atomic mass is 10.2. The van der Waals surface area contributed by atoms with Gasteiger partial charge in [-0.2, -0.15) is 0 Å². The minimum Gasteiger partial charge on any atom is -0.441 e. The highest BCUT2D eigenvalue weighted by atomic mass is 79.9. The molecule has 0 spiro atoms. The third kappa shape index (κ3) is 4.71. The van der Waals surface area contributed by atoms with Gasteiger partial charge in [-0.1, -0.05) is 27.5 Å². The molecule has 25 heavy (non-hydrogen) atoms. The van der Waals surface area contributed by atoms with Crippen molar-refractivity contribution in [3.05, 3.63) is 69.6 Å². The number of nitrogens with zero attached hydrogens (tertiary/aromatic N) is 1. The molecular formula is C19H16BrClN2O2. The van der Waals surface area contributed by atoms with E-state index in [9.17, 15) is 4.79 Å². The van der Waals surface area contributed by atoms with Crippen molar-refractivity contribution in [1.82, 2.24) is 4.98 Å². The van der Waals surface area contributed by atoms with Crippen LogP contribution >= 0.6 is 27.5 Å². The number of anilines is 1. The Morgan fingerprint density at radius 2 is 2.00 bits per heavy atom. The summed E-state index contributed by atoms with van der Waals surface area (Å²) < 4.78 is 6.69. The molecule has 0 aliphatic carbocycles. The second kappa shape index (κ2) is 7.85. The summed E-state index contributed by atoms with van der Waals surface area (Å²) in [6, 6.07) is 13.1. The molecular weight excluding hydrogens is 404 g/mol. The maximum atomic E-state index is 12.1. The molecule has 3 rings (SSSR count). The highest BCUT2D eigenvalue weighted by molar-refractivity contribution is 9.10. The van der Waals surface area contributed by atoms with Crippen molar-refractivity contribution in [1.29, 1.82) is 0 Å². The number of carbonyl (C=O) groups excluding carboxylic acids is 1. The quantitative estimate of drug-likeness (QED) is 0.582. The fraction of sp³-hybridized carbons (Fsp3) is 0.158. The molecule has 4 nitrogen and oxygen atoms in total. The lowest BCUT2D eigenvalue weighted by molar-refractivity contribution is -0.116. The lowest BCUT2D eigenvalue weighted by Gasteiger charge is -2.08. The Morgan fingerprint density at radius 3 is 2.72 bits per heavy atom. The number of amides is 1. The third-order valence-electron chi connectivity index (χ3n) is 3.71. The van der Waals surface area contributed by atoms with E-state index in [1.165, 1.54) is 0 Å². The first-order valence-corrected chi connectivity index (χ1v) is 8.95. The van der Waals surface area contributed by atoms with Crippen molar-refractivity contribution >= 4 is 39.1 Å². The van der Waals surface area contributed by atoms with Gasteiger partial charge in [0, 0.05) is 33.6 Å². The first-order valence-electron chi connectivity index (χ1n) is 7.78. The smallest absolute Gasteiger partial charge is 0.224 e. The number of aryl methyl sites for hydroxylation is 2. The lowest BCUT2D eigenvalue weighted by Crippen LogP contribution is -2.13. The van der Waals surface area contributed by atoms with Gasteiger partial charge >= 0.3 is 0 Å². The molecule has 1 heterocycles. The Kier molecular flexibility index (Phi) is 5.56. The average molecular weight is 420 g/mol. The minimum atomic E-state index is -0.0725. The molecule has 0 atom stereocenters. The van der Waals surface area contributed by atoms with Crippen LogP contribution in [-0.4, -0.2) is 10.9 Å². The zero-order valence-electron chi connectivity index (χ0n) is 13.6. The number of carbonyl (C=O) groups is 1. The minimum absolute atomic E-state index is 0.0725. The Morgan fingerprint density at radius 1 is 1.24 bits per heavy atom. The van der Waals surface area contributed by atoms with Crippen LogP contribution in [0.1, 0.15) is 17.9 Å². The summed E-state index contributed by atoms with van der Waals surface area (Å²) in [4.78, 5) is 16.4. The second-order valence-electron chi connectivity index (χ2n) is 5.63. The topological polar surface area (TPSA) is 55.1 Å². The number of hydrogen-bond donors (Lipinski definition) is 1. The average Bonchev–Trinajstić information content (AvgIpc) is 3.05. The summed E-state index contributed by atoms with van der Waals surface area (Å²) in [5.74, 6) is 1.13. The number of benzene rings is 2. The summed E-state index contributed by atoms with van der Waals surface area (Å²) in [5, 5.41) is 3.58. The molecule has 0 aliphatic rings. The monoisotopic (exact) mass is 418 g/mol. The summed E-state index contributed by atoms with van der Waals surface area (Å²) in [6.07, 6.45) is 2.40. The molecule has 0 radical (unpaired) electrons. The van der Waals surface area contributed by atoms with E-state index in [4.69, 9.17) is 16.0 Å². The fourth-order valence-corrected chi connectivity index (χ4v) is 2.98. The van der Waals surface area contributed by atoms with E-state index in [2.05, 4.69) is 26.2 Å². The highest BCUT2D eigenvalue weighted by Crippen LogP contribution is 2.23. The first kappa shape index (κ1) is 17.7. The number of halogens is 2. The van der Waals surface area contributed by atoms with Crippen molar-refractivity contribution in [2.45, 2.75) is 19.8 Å². The summed E-state index contributed by atoms with van der Waals surface area (Å²) in [6.45, 7) is 1.95. The molecule has 0 bridgehead atoms. The Balaban J connectivity index is 1.58. The summed E-state index contributed by atoms with van der Waals surface area (Å²) in [5.41, 5.74) is 2.71. The van der Waals surface area contributed by atoms with E-state index < -0.39 is 0 Å². The van der Waals surface area contributed by atoms with Crippen molar-refractivity contribution in [2.75, 3.05) is 5.32 Å². The number of nitrogens with one attached hydrogen (secondary N) is 1. The fourth-order valence-electron chi connectivity index (χ4n) is 2.37. The van der Waals surface area contributed by atoms with Gasteiger partial charge in [0.15, 0.2) is 11.7 Å². The predicted molar refractivity (Wildman–Crippen MR) is 103 cm³/mol. The van der Waals surface area contributed by atoms with Crippen molar-refractivity contribution < 1.29 is 9.21 Å². The van der Waals surface area contributed by atoms with Crippen molar-refractivity contribution in [3.8, 4) is 11.3 Å². The normalized spacial score (nSPS) is 10.7. The van der Waals surface area contributed by atoms with Gasteiger partial charge < -0.3 is 9.73 Å². The van der Waals surface area contributed by atoms with Crippen LogP contribution in [0.5, 0.6) is 0 Å². The van der Waals surface area contributed by atoms with Crippen LogP contribution in [0.15, 0.2) is 57.6 Å². The van der Waals surface area contributed by atoms with Gasteiger partial charge in [-0.15, -0.1) is 0 Å². The molecule has 6 heteroatoms. The zero-order valence-corrected chi connectivity index (χ0v) is 15.9. The first-order chi connectivity index (χ1) is 12.0. The van der Waals surface area contributed by atoms with E-state index >= 15 is 0 Å².